The molecule has 2 rings (SSSR count). The molecule has 0 unspecified atom stereocenters. The largest absolute Gasteiger partial charge is 0.352 e. The van der Waals surface area contributed by atoms with Crippen molar-refractivity contribution in [1.29, 1.82) is 0 Å². The summed E-state index contributed by atoms with van der Waals surface area (Å²) in [6.07, 6.45) is 4.04. The van der Waals surface area contributed by atoms with E-state index in [-0.39, 0.29) is 5.56 Å². The van der Waals surface area contributed by atoms with Gasteiger partial charge in [-0.15, -0.1) is 0 Å². The maximum Gasteiger partial charge on any atom is 0.254 e. The van der Waals surface area contributed by atoms with E-state index in [2.05, 4.69) is 10.3 Å². The molecule has 0 aliphatic carbocycles. The van der Waals surface area contributed by atoms with E-state index in [4.69, 9.17) is 11.6 Å². The zero-order valence-corrected chi connectivity index (χ0v) is 10.8. The van der Waals surface area contributed by atoms with Gasteiger partial charge < -0.3 is 5.32 Å². The quantitative estimate of drug-likeness (QED) is 0.934. The zero-order valence-electron chi connectivity index (χ0n) is 10.1. The lowest BCUT2D eigenvalue weighted by Crippen LogP contribution is -2.26. The van der Waals surface area contributed by atoms with E-state index in [0.29, 0.717) is 18.0 Å². The van der Waals surface area contributed by atoms with Gasteiger partial charge in [-0.3, -0.25) is 9.78 Å². The van der Waals surface area contributed by atoms with E-state index in [1.54, 1.807) is 12.4 Å². The molecule has 1 amide bonds. The van der Waals surface area contributed by atoms with E-state index >= 15 is 0 Å². The molecular weight excluding hydrogens is 267 g/mol. The lowest BCUT2D eigenvalue weighted by molar-refractivity contribution is 0.0950. The standard InChI is InChI=1S/C14H12ClFN2O/c15-11-1-2-13(16)12(9-11)14(19)18-8-5-10-3-6-17-7-4-10/h1-4,6-7,9H,5,8H2,(H,18,19). The molecule has 0 aliphatic heterocycles. The SMILES string of the molecule is O=C(NCCc1ccncc1)c1cc(Cl)ccc1F. The lowest BCUT2D eigenvalue weighted by atomic mass is 10.1. The number of hydrogen-bond acceptors (Lipinski definition) is 2. The van der Waals surface area contributed by atoms with Gasteiger partial charge in [0, 0.05) is 24.0 Å². The molecule has 0 spiro atoms. The third kappa shape index (κ3) is 3.76. The summed E-state index contributed by atoms with van der Waals surface area (Å²) < 4.78 is 13.4. The molecule has 1 heterocycles. The van der Waals surface area contributed by atoms with Crippen molar-refractivity contribution in [3.8, 4) is 0 Å². The van der Waals surface area contributed by atoms with Crippen LogP contribution in [0, 0.1) is 5.82 Å². The van der Waals surface area contributed by atoms with Crippen LogP contribution >= 0.6 is 11.6 Å². The average molecular weight is 279 g/mol. The number of hydrogen-bond donors (Lipinski definition) is 1. The molecule has 5 heteroatoms. The third-order valence-corrected chi connectivity index (χ3v) is 2.86. The van der Waals surface area contributed by atoms with Crippen molar-refractivity contribution in [1.82, 2.24) is 10.3 Å². The van der Waals surface area contributed by atoms with E-state index in [9.17, 15) is 9.18 Å². The van der Waals surface area contributed by atoms with Crippen LogP contribution in [0.2, 0.25) is 5.02 Å². The number of rotatable bonds is 4. The highest BCUT2D eigenvalue weighted by molar-refractivity contribution is 6.30. The van der Waals surface area contributed by atoms with Crippen molar-refractivity contribution >= 4 is 17.5 Å². The fourth-order valence-corrected chi connectivity index (χ4v) is 1.81. The van der Waals surface area contributed by atoms with E-state index < -0.39 is 11.7 Å². The minimum atomic E-state index is -0.578. The van der Waals surface area contributed by atoms with Crippen LogP contribution in [0.1, 0.15) is 15.9 Å². The van der Waals surface area contributed by atoms with Gasteiger partial charge >= 0.3 is 0 Å². The van der Waals surface area contributed by atoms with E-state index in [1.807, 2.05) is 12.1 Å². The summed E-state index contributed by atoms with van der Waals surface area (Å²) >= 11 is 5.74. The summed E-state index contributed by atoms with van der Waals surface area (Å²) in [7, 11) is 0. The monoisotopic (exact) mass is 278 g/mol. The maximum atomic E-state index is 13.4. The van der Waals surface area contributed by atoms with Crippen molar-refractivity contribution in [2.75, 3.05) is 6.54 Å². The molecule has 0 aliphatic rings. The minimum Gasteiger partial charge on any atom is -0.352 e. The van der Waals surface area contributed by atoms with Crippen molar-refractivity contribution in [2.45, 2.75) is 6.42 Å². The van der Waals surface area contributed by atoms with Crippen LogP contribution in [-0.2, 0) is 6.42 Å². The topological polar surface area (TPSA) is 42.0 Å². The molecule has 0 saturated carbocycles. The molecule has 19 heavy (non-hydrogen) atoms. The van der Waals surface area contributed by atoms with Crippen LogP contribution in [-0.4, -0.2) is 17.4 Å². The molecule has 1 aromatic carbocycles. The number of benzene rings is 1. The number of nitrogens with one attached hydrogen (secondary N) is 1. The Morgan fingerprint density at radius 3 is 2.74 bits per heavy atom. The van der Waals surface area contributed by atoms with Gasteiger partial charge in [-0.2, -0.15) is 0 Å². The predicted molar refractivity (Wildman–Crippen MR) is 71.7 cm³/mol. The molecule has 0 radical (unpaired) electrons. The van der Waals surface area contributed by atoms with Crippen molar-refractivity contribution in [2.24, 2.45) is 0 Å². The van der Waals surface area contributed by atoms with Crippen LogP contribution < -0.4 is 5.32 Å². The molecule has 3 nitrogen and oxygen atoms in total. The second kappa shape index (κ2) is 6.29. The Kier molecular flexibility index (Phi) is 4.47. The average Bonchev–Trinajstić information content (AvgIpc) is 2.42. The first kappa shape index (κ1) is 13.5. The number of aromatic nitrogens is 1. The zero-order chi connectivity index (χ0) is 13.7. The second-order valence-electron chi connectivity index (χ2n) is 3.99. The fraction of sp³-hybridized carbons (Fsp3) is 0.143. The molecule has 1 aromatic heterocycles. The molecule has 1 N–H and O–H groups in total. The Labute approximate surface area is 115 Å². The number of halogens is 2. The number of nitrogens with zero attached hydrogens (tertiary/aromatic N) is 1. The number of pyridine rings is 1. The van der Waals surface area contributed by atoms with Gasteiger partial charge in [0.15, 0.2) is 0 Å². The van der Waals surface area contributed by atoms with E-state index in [0.717, 1.165) is 5.56 Å². The normalized spacial score (nSPS) is 10.2. The molecule has 0 bridgehead atoms. The van der Waals surface area contributed by atoms with Gasteiger partial charge in [0.05, 0.1) is 5.56 Å². The van der Waals surface area contributed by atoms with Crippen molar-refractivity contribution in [3.63, 3.8) is 0 Å². The van der Waals surface area contributed by atoms with Crippen LogP contribution in [0.25, 0.3) is 0 Å². The predicted octanol–water partition coefficient (Wildman–Crippen LogP) is 2.85. The maximum absolute atomic E-state index is 13.4. The first-order valence-corrected chi connectivity index (χ1v) is 6.17. The van der Waals surface area contributed by atoms with Gasteiger partial charge in [-0.1, -0.05) is 11.6 Å². The summed E-state index contributed by atoms with van der Waals surface area (Å²) in [5, 5.41) is 2.99. The summed E-state index contributed by atoms with van der Waals surface area (Å²) in [5.74, 6) is -1.04. The van der Waals surface area contributed by atoms with Crippen LogP contribution in [0.4, 0.5) is 4.39 Å². The Bertz CT molecular complexity index is 575. The van der Waals surface area contributed by atoms with Crippen LogP contribution in [0.15, 0.2) is 42.7 Å². The van der Waals surface area contributed by atoms with Crippen molar-refractivity contribution < 1.29 is 9.18 Å². The van der Waals surface area contributed by atoms with E-state index in [1.165, 1.54) is 18.2 Å². The van der Waals surface area contributed by atoms with Gasteiger partial charge in [-0.25, -0.2) is 4.39 Å². The summed E-state index contributed by atoms with van der Waals surface area (Å²) in [5.41, 5.74) is 1.02. The molecule has 0 atom stereocenters. The molecule has 2 aromatic rings. The third-order valence-electron chi connectivity index (χ3n) is 2.62. The lowest BCUT2D eigenvalue weighted by Gasteiger charge is -2.06. The summed E-state index contributed by atoms with van der Waals surface area (Å²) in [6.45, 7) is 0.425. The number of carbonyl (C=O) groups excluding carboxylic acids is 1. The number of carbonyl (C=O) groups is 1. The van der Waals surface area contributed by atoms with Crippen molar-refractivity contribution in [3.05, 3.63) is 64.7 Å². The Morgan fingerprint density at radius 1 is 1.26 bits per heavy atom. The number of amides is 1. The van der Waals surface area contributed by atoms with Gasteiger partial charge in [-0.05, 0) is 42.3 Å². The Morgan fingerprint density at radius 2 is 2.00 bits per heavy atom. The minimum absolute atomic E-state index is 0.0396. The molecule has 98 valence electrons. The van der Waals surface area contributed by atoms with Crippen LogP contribution in [0.5, 0.6) is 0 Å². The first-order chi connectivity index (χ1) is 9.16. The van der Waals surface area contributed by atoms with Gasteiger partial charge in [0.2, 0.25) is 0 Å². The van der Waals surface area contributed by atoms with Gasteiger partial charge in [0.25, 0.3) is 5.91 Å². The Balaban J connectivity index is 1.93. The first-order valence-electron chi connectivity index (χ1n) is 5.79. The van der Waals surface area contributed by atoms with Crippen LogP contribution in [0.3, 0.4) is 0 Å². The molecule has 0 saturated heterocycles. The Hall–Kier alpha value is -1.94. The highest BCUT2D eigenvalue weighted by Crippen LogP contribution is 2.14. The van der Waals surface area contributed by atoms with Gasteiger partial charge in [0.1, 0.15) is 5.82 Å². The summed E-state index contributed by atoms with van der Waals surface area (Å²) in [4.78, 5) is 15.7. The second-order valence-corrected chi connectivity index (χ2v) is 4.42. The highest BCUT2D eigenvalue weighted by atomic mass is 35.5. The summed E-state index contributed by atoms with van der Waals surface area (Å²) in [6, 6.07) is 7.64. The fourth-order valence-electron chi connectivity index (χ4n) is 1.64. The smallest absolute Gasteiger partial charge is 0.254 e. The molecular formula is C14H12ClFN2O. The molecule has 0 fully saturated rings. The highest BCUT2D eigenvalue weighted by Gasteiger charge is 2.11.